The molecule has 0 unspecified atom stereocenters. The molecule has 6 nitrogen and oxygen atoms in total. The summed E-state index contributed by atoms with van der Waals surface area (Å²) in [5.41, 5.74) is 1.45. The average Bonchev–Trinajstić information content (AvgIpc) is 2.80. The van der Waals surface area contributed by atoms with Crippen LogP contribution in [0.2, 0.25) is 5.02 Å². The van der Waals surface area contributed by atoms with E-state index in [4.69, 9.17) is 16.3 Å². The minimum absolute atomic E-state index is 0.156. The standard InChI is InChI=1S/C24H25ClN2O4S/c1-3-27(32(29,30)23-7-5-4-6-8-23)21-13-15-22(16-14-21)31-17-24(28)26-18(2)19-9-11-20(25)12-10-19/h4-16,18H,3,17H2,1-2H3,(H,26,28)/t18-/m1/s1. The number of amides is 1. The second-order valence-corrected chi connectivity index (χ2v) is 9.40. The maximum atomic E-state index is 12.9. The van der Waals surface area contributed by atoms with Crippen LogP contribution >= 0.6 is 11.6 Å². The van der Waals surface area contributed by atoms with Gasteiger partial charge >= 0.3 is 0 Å². The molecule has 0 aliphatic carbocycles. The van der Waals surface area contributed by atoms with Gasteiger partial charge in [-0.15, -0.1) is 0 Å². The number of anilines is 1. The Labute approximate surface area is 193 Å². The van der Waals surface area contributed by atoms with Crippen molar-refractivity contribution in [2.75, 3.05) is 17.5 Å². The summed E-state index contributed by atoms with van der Waals surface area (Å²) in [6.45, 7) is 3.78. The van der Waals surface area contributed by atoms with Gasteiger partial charge in [0.15, 0.2) is 6.61 Å². The molecule has 1 amide bonds. The Bertz CT molecular complexity index is 1130. The lowest BCUT2D eigenvalue weighted by Gasteiger charge is -2.23. The van der Waals surface area contributed by atoms with Crippen molar-refractivity contribution < 1.29 is 17.9 Å². The molecule has 168 valence electrons. The van der Waals surface area contributed by atoms with Gasteiger partial charge in [-0.3, -0.25) is 9.10 Å². The molecular formula is C24H25ClN2O4S. The van der Waals surface area contributed by atoms with Crippen molar-refractivity contribution in [3.63, 3.8) is 0 Å². The zero-order valence-electron chi connectivity index (χ0n) is 17.9. The number of nitrogens with zero attached hydrogens (tertiary/aromatic N) is 1. The number of sulfonamides is 1. The molecule has 0 spiro atoms. The quantitative estimate of drug-likeness (QED) is 0.484. The highest BCUT2D eigenvalue weighted by Crippen LogP contribution is 2.25. The fourth-order valence-corrected chi connectivity index (χ4v) is 4.81. The van der Waals surface area contributed by atoms with Crippen LogP contribution in [0.15, 0.2) is 83.8 Å². The molecule has 0 fully saturated rings. The van der Waals surface area contributed by atoms with Crippen LogP contribution in [0, 0.1) is 0 Å². The summed E-state index contributed by atoms with van der Waals surface area (Å²) in [5.74, 6) is 0.203. The van der Waals surface area contributed by atoms with E-state index in [1.807, 2.05) is 19.1 Å². The van der Waals surface area contributed by atoms with E-state index in [0.29, 0.717) is 16.5 Å². The van der Waals surface area contributed by atoms with Crippen molar-refractivity contribution in [3.8, 4) is 5.75 Å². The van der Waals surface area contributed by atoms with Crippen LogP contribution in [0.1, 0.15) is 25.5 Å². The summed E-state index contributed by atoms with van der Waals surface area (Å²) in [7, 11) is -3.67. The summed E-state index contributed by atoms with van der Waals surface area (Å²) < 4.78 is 32.8. The molecular weight excluding hydrogens is 448 g/mol. The lowest BCUT2D eigenvalue weighted by Crippen LogP contribution is -2.31. The van der Waals surface area contributed by atoms with Crippen LogP contribution in [-0.2, 0) is 14.8 Å². The van der Waals surface area contributed by atoms with Gasteiger partial charge in [-0.25, -0.2) is 8.42 Å². The fourth-order valence-electron chi connectivity index (χ4n) is 3.19. The van der Waals surface area contributed by atoms with Crippen molar-refractivity contribution in [1.29, 1.82) is 0 Å². The molecule has 3 aromatic rings. The van der Waals surface area contributed by atoms with E-state index in [2.05, 4.69) is 5.32 Å². The van der Waals surface area contributed by atoms with Crippen molar-refractivity contribution in [1.82, 2.24) is 5.32 Å². The van der Waals surface area contributed by atoms with Gasteiger partial charge in [0.1, 0.15) is 5.75 Å². The lowest BCUT2D eigenvalue weighted by atomic mass is 10.1. The van der Waals surface area contributed by atoms with Gasteiger partial charge in [0.25, 0.3) is 15.9 Å². The number of rotatable bonds is 9. The van der Waals surface area contributed by atoms with E-state index < -0.39 is 10.0 Å². The highest BCUT2D eigenvalue weighted by Gasteiger charge is 2.23. The zero-order valence-corrected chi connectivity index (χ0v) is 19.4. The number of nitrogens with one attached hydrogen (secondary N) is 1. The number of ether oxygens (including phenoxy) is 1. The van der Waals surface area contributed by atoms with Crippen LogP contribution in [0.3, 0.4) is 0 Å². The Hall–Kier alpha value is -3.03. The van der Waals surface area contributed by atoms with E-state index in [1.54, 1.807) is 73.7 Å². The van der Waals surface area contributed by atoms with Crippen LogP contribution in [0.4, 0.5) is 5.69 Å². The number of hydrogen-bond donors (Lipinski definition) is 1. The van der Waals surface area contributed by atoms with Gasteiger partial charge < -0.3 is 10.1 Å². The SMILES string of the molecule is CCN(c1ccc(OCC(=O)N[C@H](C)c2ccc(Cl)cc2)cc1)S(=O)(=O)c1ccccc1. The summed E-state index contributed by atoms with van der Waals surface area (Å²) >= 11 is 5.89. The predicted molar refractivity (Wildman–Crippen MR) is 127 cm³/mol. The van der Waals surface area contributed by atoms with Crippen molar-refractivity contribution >= 4 is 33.2 Å². The minimum Gasteiger partial charge on any atom is -0.484 e. The molecule has 32 heavy (non-hydrogen) atoms. The van der Waals surface area contributed by atoms with Crippen LogP contribution in [0.5, 0.6) is 5.75 Å². The molecule has 0 aromatic heterocycles. The first-order valence-electron chi connectivity index (χ1n) is 10.2. The Kier molecular flexibility index (Phi) is 7.77. The van der Waals surface area contributed by atoms with Crippen molar-refractivity contribution in [3.05, 3.63) is 89.4 Å². The molecule has 0 bridgehead atoms. The zero-order chi connectivity index (χ0) is 23.1. The maximum absolute atomic E-state index is 12.9. The smallest absolute Gasteiger partial charge is 0.264 e. The van der Waals surface area contributed by atoms with Gasteiger partial charge in [-0.05, 0) is 67.9 Å². The number of halogens is 1. The van der Waals surface area contributed by atoms with Crippen LogP contribution in [0.25, 0.3) is 0 Å². The predicted octanol–water partition coefficient (Wildman–Crippen LogP) is 4.81. The summed E-state index contributed by atoms with van der Waals surface area (Å²) in [6, 6.07) is 22.0. The number of carbonyl (C=O) groups excluding carboxylic acids is 1. The Morgan fingerprint density at radius 2 is 1.62 bits per heavy atom. The first kappa shape index (κ1) is 23.6. The second-order valence-electron chi connectivity index (χ2n) is 7.11. The first-order chi connectivity index (χ1) is 15.3. The minimum atomic E-state index is -3.67. The average molecular weight is 473 g/mol. The summed E-state index contributed by atoms with van der Waals surface area (Å²) in [6.07, 6.45) is 0. The molecule has 0 saturated heterocycles. The van der Waals surface area contributed by atoms with E-state index in [-0.39, 0.29) is 30.0 Å². The maximum Gasteiger partial charge on any atom is 0.264 e. The topological polar surface area (TPSA) is 75.7 Å². The first-order valence-corrected chi connectivity index (χ1v) is 12.0. The molecule has 0 heterocycles. The molecule has 0 aliphatic rings. The molecule has 1 atom stereocenters. The number of carbonyl (C=O) groups is 1. The van der Waals surface area contributed by atoms with E-state index in [9.17, 15) is 13.2 Å². The van der Waals surface area contributed by atoms with E-state index >= 15 is 0 Å². The van der Waals surface area contributed by atoms with Gasteiger partial charge in [0.2, 0.25) is 0 Å². The summed E-state index contributed by atoms with van der Waals surface area (Å²) in [4.78, 5) is 12.5. The third-order valence-electron chi connectivity index (χ3n) is 4.86. The van der Waals surface area contributed by atoms with Gasteiger partial charge in [-0.2, -0.15) is 0 Å². The molecule has 3 rings (SSSR count). The Balaban J connectivity index is 1.60. The third kappa shape index (κ3) is 5.81. The van der Waals surface area contributed by atoms with E-state index in [1.165, 1.54) is 4.31 Å². The van der Waals surface area contributed by atoms with Crippen molar-refractivity contribution in [2.24, 2.45) is 0 Å². The molecule has 0 saturated carbocycles. The number of hydrogen-bond acceptors (Lipinski definition) is 4. The van der Waals surface area contributed by atoms with Crippen LogP contribution in [-0.4, -0.2) is 27.5 Å². The van der Waals surface area contributed by atoms with Gasteiger partial charge in [-0.1, -0.05) is 41.9 Å². The molecule has 1 N–H and O–H groups in total. The molecule has 8 heteroatoms. The van der Waals surface area contributed by atoms with Gasteiger partial charge in [0.05, 0.1) is 16.6 Å². The second kappa shape index (κ2) is 10.5. The monoisotopic (exact) mass is 472 g/mol. The normalized spacial score (nSPS) is 12.1. The lowest BCUT2D eigenvalue weighted by molar-refractivity contribution is -0.123. The largest absolute Gasteiger partial charge is 0.484 e. The van der Waals surface area contributed by atoms with Crippen LogP contribution < -0.4 is 14.4 Å². The molecule has 3 aromatic carbocycles. The fraction of sp³-hybridized carbons (Fsp3) is 0.208. The Morgan fingerprint density at radius 1 is 1.00 bits per heavy atom. The molecule has 0 radical (unpaired) electrons. The third-order valence-corrected chi connectivity index (χ3v) is 7.03. The molecule has 0 aliphatic heterocycles. The van der Waals surface area contributed by atoms with E-state index in [0.717, 1.165) is 5.56 Å². The summed E-state index contributed by atoms with van der Waals surface area (Å²) in [5, 5.41) is 3.50. The Morgan fingerprint density at radius 3 is 2.22 bits per heavy atom. The number of benzene rings is 3. The van der Waals surface area contributed by atoms with Crippen molar-refractivity contribution in [2.45, 2.75) is 24.8 Å². The highest BCUT2D eigenvalue weighted by atomic mass is 35.5. The highest BCUT2D eigenvalue weighted by molar-refractivity contribution is 7.92. The van der Waals surface area contributed by atoms with Gasteiger partial charge in [0, 0.05) is 11.6 Å².